The highest BCUT2D eigenvalue weighted by atomic mass is 35.5. The molecule has 4 fully saturated rings. The predicted octanol–water partition coefficient (Wildman–Crippen LogP) is 6.01. The van der Waals surface area contributed by atoms with Crippen molar-refractivity contribution in [1.29, 1.82) is 0 Å². The third kappa shape index (κ3) is 3.45. The summed E-state index contributed by atoms with van der Waals surface area (Å²) in [5.41, 5.74) is 2.84. The van der Waals surface area contributed by atoms with Crippen molar-refractivity contribution in [1.82, 2.24) is 10.3 Å². The lowest BCUT2D eigenvalue weighted by molar-refractivity contribution is 0.114. The third-order valence-electron chi connectivity index (χ3n) is 7.36. The molecule has 1 aliphatic heterocycles. The highest BCUT2D eigenvalue weighted by molar-refractivity contribution is 6.38. The molecule has 0 radical (unpaired) electrons. The average Bonchev–Trinajstić information content (AvgIpc) is 2.74. The molecule has 0 spiro atoms. The standard InChI is InChI=1S/C23H28Cl2N2O/c24-15-10-17-18(23(28)20-3-1-2-8-26-20)12-21(27-22(17)19(25)11-15)16-9-13-4-6-14(16)7-5-13/h10-14,16,20,23,26,28H,1-9H2. The van der Waals surface area contributed by atoms with Gasteiger partial charge in [0.05, 0.1) is 16.6 Å². The highest BCUT2D eigenvalue weighted by Gasteiger charge is 2.38. The van der Waals surface area contributed by atoms with Gasteiger partial charge in [-0.2, -0.15) is 0 Å². The summed E-state index contributed by atoms with van der Waals surface area (Å²) in [7, 11) is 0. The van der Waals surface area contributed by atoms with E-state index in [0.717, 1.165) is 53.4 Å². The van der Waals surface area contributed by atoms with E-state index in [4.69, 9.17) is 28.2 Å². The topological polar surface area (TPSA) is 45.2 Å². The van der Waals surface area contributed by atoms with Gasteiger partial charge in [-0.15, -0.1) is 0 Å². The van der Waals surface area contributed by atoms with E-state index in [0.29, 0.717) is 16.0 Å². The van der Waals surface area contributed by atoms with Crippen LogP contribution >= 0.6 is 23.2 Å². The molecule has 28 heavy (non-hydrogen) atoms. The van der Waals surface area contributed by atoms with E-state index in [1.165, 1.54) is 38.5 Å². The summed E-state index contributed by atoms with van der Waals surface area (Å²) in [4.78, 5) is 5.02. The maximum absolute atomic E-state index is 11.3. The van der Waals surface area contributed by atoms with Crippen molar-refractivity contribution in [2.45, 2.75) is 69.4 Å². The Morgan fingerprint density at radius 2 is 1.86 bits per heavy atom. The Morgan fingerprint density at radius 3 is 2.54 bits per heavy atom. The Balaban J connectivity index is 1.62. The Kier molecular flexibility index (Phi) is 5.29. The summed E-state index contributed by atoms with van der Waals surface area (Å²) >= 11 is 12.9. The normalized spacial score (nSPS) is 31.2. The van der Waals surface area contributed by atoms with Crippen molar-refractivity contribution in [2.75, 3.05) is 6.54 Å². The van der Waals surface area contributed by atoms with E-state index in [9.17, 15) is 5.11 Å². The third-order valence-corrected chi connectivity index (χ3v) is 7.87. The van der Waals surface area contributed by atoms with Gasteiger partial charge in [-0.1, -0.05) is 42.5 Å². The number of halogens is 2. The number of hydrogen-bond donors (Lipinski definition) is 2. The minimum atomic E-state index is -0.570. The molecule has 1 aromatic heterocycles. The second-order valence-corrected chi connectivity index (χ2v) is 9.89. The van der Waals surface area contributed by atoms with E-state index >= 15 is 0 Å². The van der Waals surface area contributed by atoms with Crippen LogP contribution in [0.25, 0.3) is 10.9 Å². The minimum absolute atomic E-state index is 0.0766. The van der Waals surface area contributed by atoms with Crippen LogP contribution in [0, 0.1) is 11.8 Å². The van der Waals surface area contributed by atoms with E-state index in [1.807, 2.05) is 6.07 Å². The van der Waals surface area contributed by atoms with Crippen LogP contribution in [0.4, 0.5) is 0 Å². The number of pyridine rings is 1. The summed E-state index contributed by atoms with van der Waals surface area (Å²) < 4.78 is 0. The van der Waals surface area contributed by atoms with Crippen LogP contribution in [0.1, 0.15) is 74.6 Å². The number of piperidine rings is 1. The molecule has 5 heteroatoms. The second kappa shape index (κ2) is 7.75. The molecule has 4 aliphatic rings. The number of nitrogens with one attached hydrogen (secondary N) is 1. The number of aliphatic hydroxyl groups is 1. The zero-order chi connectivity index (χ0) is 19.3. The van der Waals surface area contributed by atoms with E-state index in [-0.39, 0.29) is 6.04 Å². The van der Waals surface area contributed by atoms with Crippen LogP contribution < -0.4 is 5.32 Å². The number of rotatable bonds is 3. The summed E-state index contributed by atoms with van der Waals surface area (Å²) in [6, 6.07) is 5.92. The number of aromatic nitrogens is 1. The van der Waals surface area contributed by atoms with Gasteiger partial charge in [0.25, 0.3) is 0 Å². The molecular formula is C23H28Cl2N2O. The van der Waals surface area contributed by atoms with E-state index in [2.05, 4.69) is 11.4 Å². The van der Waals surface area contributed by atoms with Crippen LogP contribution in [0.2, 0.25) is 10.0 Å². The molecule has 3 nitrogen and oxygen atoms in total. The first kappa shape index (κ1) is 19.1. The molecular weight excluding hydrogens is 391 g/mol. The molecule has 2 aromatic rings. The first-order chi connectivity index (χ1) is 13.6. The second-order valence-electron chi connectivity index (χ2n) is 9.04. The van der Waals surface area contributed by atoms with Crippen molar-refractivity contribution in [3.63, 3.8) is 0 Å². The molecule has 3 unspecified atom stereocenters. The molecule has 2 heterocycles. The van der Waals surface area contributed by atoms with Crippen molar-refractivity contribution in [2.24, 2.45) is 11.8 Å². The van der Waals surface area contributed by atoms with Gasteiger partial charge in [-0.25, -0.2) is 0 Å². The lowest BCUT2D eigenvalue weighted by Gasteiger charge is -2.42. The Bertz CT molecular complexity index is 873. The smallest absolute Gasteiger partial charge is 0.0950 e. The number of hydrogen-bond acceptors (Lipinski definition) is 3. The van der Waals surface area contributed by atoms with Crippen molar-refractivity contribution < 1.29 is 5.11 Å². The monoisotopic (exact) mass is 418 g/mol. The molecule has 3 atom stereocenters. The molecule has 150 valence electrons. The molecule has 1 aromatic carbocycles. The van der Waals surface area contributed by atoms with Gasteiger partial charge in [0.2, 0.25) is 0 Å². The van der Waals surface area contributed by atoms with E-state index < -0.39 is 6.10 Å². The van der Waals surface area contributed by atoms with Gasteiger partial charge in [0.1, 0.15) is 0 Å². The number of benzene rings is 1. The lowest BCUT2D eigenvalue weighted by atomic mass is 9.63. The molecule has 3 saturated carbocycles. The zero-order valence-corrected chi connectivity index (χ0v) is 17.6. The summed E-state index contributed by atoms with van der Waals surface area (Å²) in [5, 5.41) is 16.9. The first-order valence-electron chi connectivity index (χ1n) is 10.8. The maximum Gasteiger partial charge on any atom is 0.0950 e. The SMILES string of the molecule is OC(c1cc(C2CC3CCC2CC3)nc2c(Cl)cc(Cl)cc12)C1CCCCN1. The minimum Gasteiger partial charge on any atom is -0.387 e. The maximum atomic E-state index is 11.3. The van der Waals surface area contributed by atoms with Crippen LogP contribution in [-0.2, 0) is 0 Å². The van der Waals surface area contributed by atoms with Crippen LogP contribution in [-0.4, -0.2) is 22.7 Å². The molecule has 3 aliphatic carbocycles. The Morgan fingerprint density at radius 1 is 1.04 bits per heavy atom. The average molecular weight is 419 g/mol. The molecule has 1 saturated heterocycles. The van der Waals surface area contributed by atoms with Crippen LogP contribution in [0.5, 0.6) is 0 Å². The van der Waals surface area contributed by atoms with Gasteiger partial charge >= 0.3 is 0 Å². The van der Waals surface area contributed by atoms with Crippen molar-refractivity contribution >= 4 is 34.1 Å². The number of aliphatic hydroxyl groups excluding tert-OH is 1. The fraction of sp³-hybridized carbons (Fsp3) is 0.609. The van der Waals surface area contributed by atoms with E-state index in [1.54, 1.807) is 6.07 Å². The van der Waals surface area contributed by atoms with Gasteiger partial charge in [-0.3, -0.25) is 4.98 Å². The fourth-order valence-electron chi connectivity index (χ4n) is 5.84. The summed E-state index contributed by atoms with van der Waals surface area (Å²) in [6.45, 7) is 0.964. The Labute approximate surface area is 176 Å². The summed E-state index contributed by atoms with van der Waals surface area (Å²) in [5.74, 6) is 2.05. The largest absolute Gasteiger partial charge is 0.387 e. The van der Waals surface area contributed by atoms with Gasteiger partial charge < -0.3 is 10.4 Å². The first-order valence-corrected chi connectivity index (χ1v) is 11.6. The molecule has 2 bridgehead atoms. The molecule has 6 rings (SSSR count). The molecule has 0 amide bonds. The zero-order valence-electron chi connectivity index (χ0n) is 16.1. The quantitative estimate of drug-likeness (QED) is 0.640. The number of nitrogens with zero attached hydrogens (tertiary/aromatic N) is 1. The Hall–Kier alpha value is -0.870. The molecule has 2 N–H and O–H groups in total. The van der Waals surface area contributed by atoms with Crippen LogP contribution in [0.3, 0.4) is 0 Å². The van der Waals surface area contributed by atoms with Crippen molar-refractivity contribution in [3.05, 3.63) is 39.5 Å². The fourth-order valence-corrected chi connectivity index (χ4v) is 6.37. The highest BCUT2D eigenvalue weighted by Crippen LogP contribution is 2.50. The van der Waals surface area contributed by atoms with Gasteiger partial charge in [-0.05, 0) is 74.2 Å². The summed E-state index contributed by atoms with van der Waals surface area (Å²) in [6.07, 6.45) is 9.33. The number of fused-ring (bicyclic) bond motifs is 4. The van der Waals surface area contributed by atoms with Crippen molar-refractivity contribution in [3.8, 4) is 0 Å². The van der Waals surface area contributed by atoms with Gasteiger partial charge in [0, 0.05) is 28.1 Å². The van der Waals surface area contributed by atoms with Gasteiger partial charge in [0.15, 0.2) is 0 Å². The predicted molar refractivity (Wildman–Crippen MR) is 115 cm³/mol. The van der Waals surface area contributed by atoms with Crippen LogP contribution in [0.15, 0.2) is 18.2 Å². The lowest BCUT2D eigenvalue weighted by Crippen LogP contribution is -2.39.